The standard InChI is InChI=1S/C25H20BrN7O3/c1-17-2-6-19(7-3-17)25-23(32-14-20(26)8-11-24(32)28-25)12-27-36-16-21-15-31(30-29-21)13-18-4-9-22(10-5-18)33(34)35/h2-12,14-15H,13,16H2,1H3/b27-12+. The fourth-order valence-electron chi connectivity index (χ4n) is 3.67. The Morgan fingerprint density at radius 2 is 1.86 bits per heavy atom. The molecule has 0 N–H and O–H groups in total. The maximum atomic E-state index is 10.8. The van der Waals surface area contributed by atoms with Gasteiger partial charge in [0.25, 0.3) is 5.69 Å². The second kappa shape index (κ2) is 10.1. The number of fused-ring (bicyclic) bond motifs is 1. The molecule has 0 radical (unpaired) electrons. The van der Waals surface area contributed by atoms with Crippen LogP contribution >= 0.6 is 15.9 Å². The Morgan fingerprint density at radius 1 is 1.08 bits per heavy atom. The Kier molecular flexibility index (Phi) is 6.54. The van der Waals surface area contributed by atoms with Gasteiger partial charge in [0.2, 0.25) is 0 Å². The summed E-state index contributed by atoms with van der Waals surface area (Å²) in [5.41, 5.74) is 6.07. The number of benzene rings is 2. The van der Waals surface area contributed by atoms with E-state index >= 15 is 0 Å². The summed E-state index contributed by atoms with van der Waals surface area (Å²) in [5.74, 6) is 0. The third-order valence-electron chi connectivity index (χ3n) is 5.48. The second-order valence-corrected chi connectivity index (χ2v) is 9.04. The molecule has 2 aromatic carbocycles. The molecule has 0 saturated carbocycles. The Hall–Kier alpha value is -4.38. The van der Waals surface area contributed by atoms with Gasteiger partial charge >= 0.3 is 0 Å². The van der Waals surface area contributed by atoms with Gasteiger partial charge in [-0.15, -0.1) is 5.10 Å². The minimum atomic E-state index is -0.426. The molecule has 180 valence electrons. The molecule has 0 atom stereocenters. The Bertz CT molecular complexity index is 1560. The zero-order valence-corrected chi connectivity index (χ0v) is 20.7. The summed E-state index contributed by atoms with van der Waals surface area (Å²) in [6.45, 7) is 2.62. The smallest absolute Gasteiger partial charge is 0.269 e. The van der Waals surface area contributed by atoms with Crippen LogP contribution in [0.4, 0.5) is 5.69 Å². The summed E-state index contributed by atoms with van der Waals surface area (Å²) in [7, 11) is 0. The lowest BCUT2D eigenvalue weighted by molar-refractivity contribution is -0.384. The van der Waals surface area contributed by atoms with Gasteiger partial charge in [-0.1, -0.05) is 52.3 Å². The first-order valence-electron chi connectivity index (χ1n) is 11.0. The van der Waals surface area contributed by atoms with Crippen LogP contribution in [0.2, 0.25) is 0 Å². The molecule has 10 nitrogen and oxygen atoms in total. The van der Waals surface area contributed by atoms with Crippen molar-refractivity contribution in [1.82, 2.24) is 24.4 Å². The summed E-state index contributed by atoms with van der Waals surface area (Å²) in [5, 5.41) is 23.2. The van der Waals surface area contributed by atoms with Crippen molar-refractivity contribution in [2.45, 2.75) is 20.1 Å². The number of aromatic nitrogens is 5. The number of hydrogen-bond acceptors (Lipinski definition) is 7. The highest BCUT2D eigenvalue weighted by Gasteiger charge is 2.13. The normalized spacial score (nSPS) is 11.4. The van der Waals surface area contributed by atoms with E-state index in [9.17, 15) is 10.1 Å². The second-order valence-electron chi connectivity index (χ2n) is 8.13. The predicted octanol–water partition coefficient (Wildman–Crippen LogP) is 5.17. The van der Waals surface area contributed by atoms with Gasteiger partial charge in [0, 0.05) is 28.4 Å². The molecule has 0 amide bonds. The minimum Gasteiger partial charge on any atom is -0.389 e. The molecule has 36 heavy (non-hydrogen) atoms. The zero-order valence-electron chi connectivity index (χ0n) is 19.2. The number of rotatable bonds is 8. The molecule has 0 aliphatic rings. The molecule has 0 unspecified atom stereocenters. The number of nitrogens with zero attached hydrogens (tertiary/aromatic N) is 7. The van der Waals surface area contributed by atoms with Gasteiger partial charge in [0.05, 0.1) is 35.3 Å². The number of non-ortho nitro benzene ring substituents is 1. The largest absolute Gasteiger partial charge is 0.389 e. The van der Waals surface area contributed by atoms with Crippen molar-refractivity contribution in [3.05, 3.63) is 110 Å². The fraction of sp³-hybridized carbons (Fsp3) is 0.120. The van der Waals surface area contributed by atoms with Crippen molar-refractivity contribution in [2.75, 3.05) is 0 Å². The van der Waals surface area contributed by atoms with Crippen molar-refractivity contribution in [3.8, 4) is 11.3 Å². The number of pyridine rings is 1. The van der Waals surface area contributed by atoms with Gasteiger partial charge in [-0.2, -0.15) is 0 Å². The monoisotopic (exact) mass is 545 g/mol. The predicted molar refractivity (Wildman–Crippen MR) is 138 cm³/mol. The molecule has 11 heteroatoms. The van der Waals surface area contributed by atoms with E-state index in [1.165, 1.54) is 17.7 Å². The molecule has 3 heterocycles. The van der Waals surface area contributed by atoms with Crippen LogP contribution in [0.3, 0.4) is 0 Å². The first-order valence-corrected chi connectivity index (χ1v) is 11.8. The first-order chi connectivity index (χ1) is 17.5. The molecular formula is C25H20BrN7O3. The van der Waals surface area contributed by atoms with Crippen molar-refractivity contribution in [1.29, 1.82) is 0 Å². The molecule has 5 rings (SSSR count). The van der Waals surface area contributed by atoms with E-state index in [2.05, 4.69) is 31.4 Å². The van der Waals surface area contributed by atoms with Crippen molar-refractivity contribution in [3.63, 3.8) is 0 Å². The summed E-state index contributed by atoms with van der Waals surface area (Å²) in [6, 6.07) is 18.4. The van der Waals surface area contributed by atoms with E-state index in [-0.39, 0.29) is 12.3 Å². The molecule has 3 aromatic heterocycles. The topological polar surface area (TPSA) is 113 Å². The Morgan fingerprint density at radius 3 is 2.61 bits per heavy atom. The summed E-state index contributed by atoms with van der Waals surface area (Å²) in [4.78, 5) is 20.7. The van der Waals surface area contributed by atoms with E-state index in [1.807, 2.05) is 53.9 Å². The third-order valence-corrected chi connectivity index (χ3v) is 5.95. The molecule has 0 spiro atoms. The van der Waals surface area contributed by atoms with Crippen LogP contribution in [0.25, 0.3) is 16.9 Å². The quantitative estimate of drug-likeness (QED) is 0.151. The van der Waals surface area contributed by atoms with Gasteiger partial charge in [0.1, 0.15) is 11.3 Å². The van der Waals surface area contributed by atoms with Gasteiger partial charge < -0.3 is 4.84 Å². The minimum absolute atomic E-state index is 0.0492. The van der Waals surface area contributed by atoms with Crippen LogP contribution in [0.15, 0.2) is 82.7 Å². The summed E-state index contributed by atoms with van der Waals surface area (Å²) >= 11 is 3.52. The lowest BCUT2D eigenvalue weighted by Crippen LogP contribution is -2.00. The van der Waals surface area contributed by atoms with Crippen LogP contribution in [0, 0.1) is 17.0 Å². The van der Waals surface area contributed by atoms with Gasteiger partial charge in [-0.25, -0.2) is 9.67 Å². The van der Waals surface area contributed by atoms with E-state index in [0.29, 0.717) is 12.2 Å². The third kappa shape index (κ3) is 5.15. The average molecular weight is 546 g/mol. The fourth-order valence-corrected chi connectivity index (χ4v) is 4.00. The Balaban J connectivity index is 1.29. The number of oxime groups is 1. The number of aryl methyl sites for hydroxylation is 1. The van der Waals surface area contributed by atoms with Crippen molar-refractivity contribution < 1.29 is 9.76 Å². The molecule has 0 bridgehead atoms. The van der Waals surface area contributed by atoms with Gasteiger partial charge in [-0.3, -0.25) is 14.5 Å². The van der Waals surface area contributed by atoms with Crippen LogP contribution in [0.1, 0.15) is 22.5 Å². The van der Waals surface area contributed by atoms with Crippen molar-refractivity contribution >= 4 is 33.5 Å². The number of nitro groups is 1. The lowest BCUT2D eigenvalue weighted by atomic mass is 10.1. The van der Waals surface area contributed by atoms with Gasteiger partial charge in [0.15, 0.2) is 6.61 Å². The van der Waals surface area contributed by atoms with E-state index in [0.717, 1.165) is 32.6 Å². The highest BCUT2D eigenvalue weighted by molar-refractivity contribution is 9.10. The number of imidazole rings is 1. The van der Waals surface area contributed by atoms with Crippen LogP contribution in [0.5, 0.6) is 0 Å². The van der Waals surface area contributed by atoms with Crippen LogP contribution in [-0.2, 0) is 18.0 Å². The highest BCUT2D eigenvalue weighted by atomic mass is 79.9. The Labute approximate surface area is 214 Å². The lowest BCUT2D eigenvalue weighted by Gasteiger charge is -2.02. The number of nitro benzene ring substituents is 1. The molecule has 0 aliphatic heterocycles. The average Bonchev–Trinajstić information content (AvgIpc) is 3.46. The summed E-state index contributed by atoms with van der Waals surface area (Å²) in [6.07, 6.45) is 5.33. The SMILES string of the molecule is Cc1ccc(-c2nc3ccc(Br)cn3c2/C=N/OCc2cn(Cc3ccc([N+](=O)[O-])cc3)nn2)cc1. The van der Waals surface area contributed by atoms with E-state index in [1.54, 1.807) is 29.2 Å². The molecule has 5 aromatic rings. The molecule has 0 fully saturated rings. The first kappa shape index (κ1) is 23.4. The van der Waals surface area contributed by atoms with Gasteiger partial charge in [-0.05, 0) is 40.5 Å². The molecule has 0 saturated heterocycles. The van der Waals surface area contributed by atoms with Crippen LogP contribution < -0.4 is 0 Å². The zero-order chi connectivity index (χ0) is 25.1. The summed E-state index contributed by atoms with van der Waals surface area (Å²) < 4.78 is 4.51. The number of halogens is 1. The molecule has 0 aliphatic carbocycles. The maximum Gasteiger partial charge on any atom is 0.269 e. The number of hydrogen-bond donors (Lipinski definition) is 0. The highest BCUT2D eigenvalue weighted by Crippen LogP contribution is 2.25. The maximum absolute atomic E-state index is 10.8. The van der Waals surface area contributed by atoms with Crippen molar-refractivity contribution in [2.24, 2.45) is 5.16 Å². The molecular weight excluding hydrogens is 526 g/mol. The van der Waals surface area contributed by atoms with E-state index < -0.39 is 4.92 Å². The van der Waals surface area contributed by atoms with E-state index in [4.69, 9.17) is 9.82 Å². The van der Waals surface area contributed by atoms with Crippen LogP contribution in [-0.4, -0.2) is 35.5 Å².